The van der Waals surface area contributed by atoms with Gasteiger partial charge in [-0.1, -0.05) is 13.8 Å². The zero-order valence-electron chi connectivity index (χ0n) is 6.66. The van der Waals surface area contributed by atoms with Crippen molar-refractivity contribution in [1.29, 1.82) is 0 Å². The Morgan fingerprint density at radius 2 is 2.20 bits per heavy atom. The van der Waals surface area contributed by atoms with Crippen LogP contribution in [0.15, 0.2) is 11.6 Å². The number of hydrogen-bond donors (Lipinski definition) is 1. The Morgan fingerprint density at radius 1 is 1.60 bits per heavy atom. The standard InChI is InChI=1S/C6H9NS.CH5N.H2/c1-5(2)6-7-3-4-8-6;1-2;/h3-5H,1-2H3;2H2,1H3;1H. The molecule has 1 aromatic heterocycles. The number of thiazole rings is 1. The van der Waals surface area contributed by atoms with E-state index < -0.39 is 0 Å². The molecule has 60 valence electrons. The van der Waals surface area contributed by atoms with Crippen molar-refractivity contribution < 1.29 is 1.43 Å². The second-order valence-electron chi connectivity index (χ2n) is 2.03. The van der Waals surface area contributed by atoms with Gasteiger partial charge in [-0.3, -0.25) is 0 Å². The van der Waals surface area contributed by atoms with Crippen molar-refractivity contribution >= 4 is 11.3 Å². The molecule has 1 heterocycles. The summed E-state index contributed by atoms with van der Waals surface area (Å²) in [7, 11) is 1.50. The molecule has 1 rings (SSSR count). The minimum atomic E-state index is 0. The highest BCUT2D eigenvalue weighted by Gasteiger charge is 1.97. The Kier molecular flexibility index (Phi) is 5.16. The summed E-state index contributed by atoms with van der Waals surface area (Å²) in [5, 5.41) is 3.24. The smallest absolute Gasteiger partial charge is 0.0950 e. The first-order valence-electron chi connectivity index (χ1n) is 3.28. The van der Waals surface area contributed by atoms with E-state index >= 15 is 0 Å². The van der Waals surface area contributed by atoms with E-state index in [-0.39, 0.29) is 1.43 Å². The number of aromatic nitrogens is 1. The molecule has 0 saturated carbocycles. The summed E-state index contributed by atoms with van der Waals surface area (Å²) >= 11 is 1.72. The maximum absolute atomic E-state index is 4.50. The SMILES string of the molecule is CC(C)c1nccs1.CN.[HH]. The molecule has 2 N–H and O–H groups in total. The van der Waals surface area contributed by atoms with Crippen LogP contribution in [0, 0.1) is 0 Å². The molecule has 1 aromatic rings. The zero-order chi connectivity index (χ0) is 7.98. The van der Waals surface area contributed by atoms with Gasteiger partial charge < -0.3 is 5.73 Å². The maximum atomic E-state index is 4.50. The van der Waals surface area contributed by atoms with Crippen LogP contribution in [0.2, 0.25) is 0 Å². The summed E-state index contributed by atoms with van der Waals surface area (Å²) in [6.45, 7) is 4.30. The normalized spacial score (nSPS) is 8.90. The molecule has 0 amide bonds. The van der Waals surface area contributed by atoms with Gasteiger partial charge in [-0.25, -0.2) is 4.98 Å². The van der Waals surface area contributed by atoms with E-state index in [9.17, 15) is 0 Å². The molecule has 0 saturated heterocycles. The van der Waals surface area contributed by atoms with Crippen LogP contribution in [0.3, 0.4) is 0 Å². The van der Waals surface area contributed by atoms with Gasteiger partial charge in [0.25, 0.3) is 0 Å². The Morgan fingerprint density at radius 3 is 2.40 bits per heavy atom. The van der Waals surface area contributed by atoms with Crippen LogP contribution in [-0.4, -0.2) is 12.0 Å². The summed E-state index contributed by atoms with van der Waals surface area (Å²) < 4.78 is 0. The number of hydrogen-bond acceptors (Lipinski definition) is 3. The zero-order valence-corrected chi connectivity index (χ0v) is 7.48. The molecule has 0 aromatic carbocycles. The highest BCUT2D eigenvalue weighted by Crippen LogP contribution is 2.15. The predicted molar refractivity (Wildman–Crippen MR) is 48.4 cm³/mol. The van der Waals surface area contributed by atoms with Crippen molar-refractivity contribution in [2.75, 3.05) is 7.05 Å². The average Bonchev–Trinajstić information content (AvgIpc) is 2.42. The van der Waals surface area contributed by atoms with Crippen molar-refractivity contribution in [2.45, 2.75) is 19.8 Å². The highest BCUT2D eigenvalue weighted by molar-refractivity contribution is 7.09. The number of rotatable bonds is 1. The Labute approximate surface area is 67.6 Å². The summed E-state index contributed by atoms with van der Waals surface area (Å²) in [4.78, 5) is 4.13. The third kappa shape index (κ3) is 2.94. The van der Waals surface area contributed by atoms with Crippen LogP contribution in [0.4, 0.5) is 0 Å². The number of nitrogens with two attached hydrogens (primary N) is 1. The first kappa shape index (κ1) is 9.59. The third-order valence-corrected chi connectivity index (χ3v) is 2.02. The molecule has 0 spiro atoms. The third-order valence-electron chi connectivity index (χ3n) is 0.945. The van der Waals surface area contributed by atoms with Gasteiger partial charge >= 0.3 is 0 Å². The van der Waals surface area contributed by atoms with E-state index in [1.807, 2.05) is 11.6 Å². The molecule has 0 aliphatic heterocycles. The monoisotopic (exact) mass is 160 g/mol. The van der Waals surface area contributed by atoms with E-state index in [0.29, 0.717) is 5.92 Å². The molecule has 0 unspecified atom stereocenters. The van der Waals surface area contributed by atoms with Crippen molar-refractivity contribution in [2.24, 2.45) is 5.73 Å². The number of nitrogens with zero attached hydrogens (tertiary/aromatic N) is 1. The van der Waals surface area contributed by atoms with Crippen molar-refractivity contribution in [3.8, 4) is 0 Å². The predicted octanol–water partition coefficient (Wildman–Crippen LogP) is 2.09. The molecule has 10 heavy (non-hydrogen) atoms. The molecule has 0 bridgehead atoms. The van der Waals surface area contributed by atoms with Crippen LogP contribution in [0.1, 0.15) is 26.2 Å². The van der Waals surface area contributed by atoms with Gasteiger partial charge in [0.15, 0.2) is 0 Å². The van der Waals surface area contributed by atoms with Gasteiger partial charge in [-0.05, 0) is 7.05 Å². The largest absolute Gasteiger partial charge is 0.333 e. The van der Waals surface area contributed by atoms with Gasteiger partial charge in [0.2, 0.25) is 0 Å². The lowest BCUT2D eigenvalue weighted by molar-refractivity contribution is 0.852. The fraction of sp³-hybridized carbons (Fsp3) is 0.571. The molecular formula is C7H16N2S. The van der Waals surface area contributed by atoms with Crippen molar-refractivity contribution in [1.82, 2.24) is 4.98 Å². The summed E-state index contributed by atoms with van der Waals surface area (Å²) in [6, 6.07) is 0. The fourth-order valence-corrected chi connectivity index (χ4v) is 1.17. The van der Waals surface area contributed by atoms with E-state index in [2.05, 4.69) is 24.6 Å². The minimum Gasteiger partial charge on any atom is -0.333 e. The van der Waals surface area contributed by atoms with Gasteiger partial charge in [0.05, 0.1) is 5.01 Å². The van der Waals surface area contributed by atoms with Gasteiger partial charge in [-0.15, -0.1) is 11.3 Å². The fourth-order valence-electron chi connectivity index (χ4n) is 0.520. The van der Waals surface area contributed by atoms with Crippen LogP contribution >= 0.6 is 11.3 Å². The van der Waals surface area contributed by atoms with Crippen LogP contribution in [-0.2, 0) is 0 Å². The van der Waals surface area contributed by atoms with E-state index in [1.54, 1.807) is 11.3 Å². The van der Waals surface area contributed by atoms with Crippen LogP contribution in [0.5, 0.6) is 0 Å². The van der Waals surface area contributed by atoms with Crippen molar-refractivity contribution in [3.05, 3.63) is 16.6 Å². The average molecular weight is 160 g/mol. The van der Waals surface area contributed by atoms with E-state index in [4.69, 9.17) is 0 Å². The molecule has 0 radical (unpaired) electrons. The molecule has 0 fully saturated rings. The van der Waals surface area contributed by atoms with Gasteiger partial charge in [0.1, 0.15) is 0 Å². The first-order valence-corrected chi connectivity index (χ1v) is 4.16. The van der Waals surface area contributed by atoms with Crippen LogP contribution in [0.25, 0.3) is 0 Å². The second-order valence-corrected chi connectivity index (χ2v) is 2.95. The lowest BCUT2D eigenvalue weighted by Gasteiger charge is -1.93. The van der Waals surface area contributed by atoms with E-state index in [0.717, 1.165) is 0 Å². The summed E-state index contributed by atoms with van der Waals surface area (Å²) in [5.41, 5.74) is 4.50. The highest BCUT2D eigenvalue weighted by atomic mass is 32.1. The first-order chi connectivity index (χ1) is 4.80. The molecule has 3 heteroatoms. The molecule has 0 aliphatic carbocycles. The lowest BCUT2D eigenvalue weighted by atomic mass is 10.2. The molecular weight excluding hydrogens is 144 g/mol. The summed E-state index contributed by atoms with van der Waals surface area (Å²) in [6.07, 6.45) is 1.85. The molecule has 2 nitrogen and oxygen atoms in total. The van der Waals surface area contributed by atoms with Crippen LogP contribution < -0.4 is 5.73 Å². The Bertz CT molecular complexity index is 151. The van der Waals surface area contributed by atoms with Gasteiger partial charge in [0, 0.05) is 18.9 Å². The Hall–Kier alpha value is -0.410. The van der Waals surface area contributed by atoms with E-state index in [1.165, 1.54) is 12.1 Å². The second kappa shape index (κ2) is 5.38. The Balaban J connectivity index is 0. The quantitative estimate of drug-likeness (QED) is 0.683. The summed E-state index contributed by atoms with van der Waals surface area (Å²) in [5.74, 6) is 0.593. The van der Waals surface area contributed by atoms with Gasteiger partial charge in [-0.2, -0.15) is 0 Å². The minimum absolute atomic E-state index is 0. The van der Waals surface area contributed by atoms with Crippen molar-refractivity contribution in [3.63, 3.8) is 0 Å². The maximum Gasteiger partial charge on any atom is 0.0950 e. The molecule has 0 atom stereocenters. The topological polar surface area (TPSA) is 38.9 Å². The molecule has 0 aliphatic rings. The lowest BCUT2D eigenvalue weighted by Crippen LogP contribution is -1.81.